The predicted molar refractivity (Wildman–Crippen MR) is 59.4 cm³/mol. The van der Waals surface area contributed by atoms with Gasteiger partial charge in [0.05, 0.1) is 41.0 Å². The maximum Gasteiger partial charge on any atom is 0.414 e. The van der Waals surface area contributed by atoms with E-state index in [2.05, 4.69) is 21.1 Å². The zero-order chi connectivity index (χ0) is 14.5. The molecule has 0 fully saturated rings. The average molecular weight is 292 g/mol. The fraction of sp³-hybridized carbons (Fsp3) is 0.778. The minimum Gasteiger partial charge on any atom is -1.00 e. The summed E-state index contributed by atoms with van der Waals surface area (Å²) < 4.78 is 0.844. The quantitative estimate of drug-likeness (QED) is 0.259. The number of halogens is 1. The summed E-state index contributed by atoms with van der Waals surface area (Å²) in [6.07, 6.45) is 0. The van der Waals surface area contributed by atoms with Gasteiger partial charge in [-0.25, -0.2) is 9.59 Å². The molecule has 0 aromatic rings. The summed E-state index contributed by atoms with van der Waals surface area (Å²) in [6, 6.07) is 0. The summed E-state index contributed by atoms with van der Waals surface area (Å²) in [6.45, 7) is 0.865. The molecule has 0 rings (SSSR count). The van der Waals surface area contributed by atoms with Gasteiger partial charge in [0, 0.05) is 0 Å². The number of quaternary nitrogens is 1. The summed E-state index contributed by atoms with van der Waals surface area (Å²) in [5.74, 6) is -3.65. The first-order valence-corrected chi connectivity index (χ1v) is 4.71. The molecule has 0 atom stereocenters. The second kappa shape index (κ2) is 16.1. The molecule has 18 heavy (non-hydrogen) atoms. The molecule has 0 unspecified atom stereocenters. The minimum atomic E-state index is -1.82. The van der Waals surface area contributed by atoms with Crippen molar-refractivity contribution in [2.45, 2.75) is 0 Å². The number of aliphatic hydroxyl groups excluding tert-OH is 3. The summed E-state index contributed by atoms with van der Waals surface area (Å²) in [5.41, 5.74) is 0. The molecule has 0 amide bonds. The van der Waals surface area contributed by atoms with E-state index in [4.69, 9.17) is 35.1 Å². The van der Waals surface area contributed by atoms with Crippen LogP contribution in [0.4, 0.5) is 0 Å². The predicted octanol–water partition coefficient (Wildman–Crippen LogP) is -5.18. The summed E-state index contributed by atoms with van der Waals surface area (Å²) >= 11 is 0. The average Bonchev–Trinajstić information content (AvgIpc) is 2.17. The van der Waals surface area contributed by atoms with Crippen molar-refractivity contribution in [1.29, 1.82) is 0 Å². The lowest BCUT2D eigenvalue weighted by molar-refractivity contribution is -0.870. The zero-order valence-corrected chi connectivity index (χ0v) is 11.5. The first kappa shape index (κ1) is 25.8. The Labute approximate surface area is 112 Å². The van der Waals surface area contributed by atoms with Crippen LogP contribution in [0, 0.1) is 0 Å². The van der Waals surface area contributed by atoms with E-state index in [1.165, 1.54) is 0 Å². The molecule has 0 aromatic heterocycles. The third-order valence-electron chi connectivity index (χ3n) is 1.05. The van der Waals surface area contributed by atoms with Crippen LogP contribution in [0.3, 0.4) is 0 Å². The molecule has 0 spiro atoms. The highest BCUT2D eigenvalue weighted by Gasteiger charge is 2.04. The van der Waals surface area contributed by atoms with Gasteiger partial charge < -0.3 is 42.4 Å². The SMILES string of the molecule is C[N+](C)(C)CCO.O=C(O)C(=O)O.OCCO.[Cl-]. The maximum absolute atomic E-state index is 9.10. The van der Waals surface area contributed by atoms with Crippen LogP contribution in [-0.2, 0) is 9.59 Å². The van der Waals surface area contributed by atoms with Gasteiger partial charge in [0.1, 0.15) is 6.54 Å². The van der Waals surface area contributed by atoms with Crippen LogP contribution >= 0.6 is 0 Å². The molecule has 0 aliphatic carbocycles. The molecule has 0 saturated carbocycles. The largest absolute Gasteiger partial charge is 1.00 e. The van der Waals surface area contributed by atoms with Gasteiger partial charge >= 0.3 is 11.9 Å². The van der Waals surface area contributed by atoms with Gasteiger partial charge in [-0.05, 0) is 0 Å². The molecule has 0 aliphatic heterocycles. The third-order valence-corrected chi connectivity index (χ3v) is 1.05. The van der Waals surface area contributed by atoms with Crippen LogP contribution in [0.25, 0.3) is 0 Å². The first-order valence-electron chi connectivity index (χ1n) is 4.71. The summed E-state index contributed by atoms with van der Waals surface area (Å²) in [7, 11) is 6.16. The smallest absolute Gasteiger partial charge is 0.414 e. The molecule has 0 aliphatic rings. The van der Waals surface area contributed by atoms with Crippen molar-refractivity contribution in [1.82, 2.24) is 0 Å². The highest BCUT2D eigenvalue weighted by molar-refractivity contribution is 6.27. The lowest BCUT2D eigenvalue weighted by Gasteiger charge is -2.21. The normalized spacial score (nSPS) is 8.78. The second-order valence-electron chi connectivity index (χ2n) is 3.80. The number of likely N-dealkylation sites (N-methyl/N-ethyl adjacent to an activating group) is 1. The number of carboxylic acids is 2. The van der Waals surface area contributed by atoms with Crippen LogP contribution in [0.2, 0.25) is 0 Å². The number of aliphatic hydroxyl groups is 3. The van der Waals surface area contributed by atoms with Gasteiger partial charge in [0.2, 0.25) is 0 Å². The Morgan fingerprint density at radius 2 is 1.11 bits per heavy atom. The molecule has 112 valence electrons. The fourth-order valence-corrected chi connectivity index (χ4v) is 0.300. The van der Waals surface area contributed by atoms with Crippen LogP contribution in [-0.4, -0.2) is 89.5 Å². The van der Waals surface area contributed by atoms with E-state index < -0.39 is 11.9 Å². The van der Waals surface area contributed by atoms with Crippen molar-refractivity contribution in [3.63, 3.8) is 0 Å². The van der Waals surface area contributed by atoms with Gasteiger partial charge in [0.25, 0.3) is 0 Å². The highest BCUT2D eigenvalue weighted by atomic mass is 35.5. The van der Waals surface area contributed by atoms with E-state index >= 15 is 0 Å². The van der Waals surface area contributed by atoms with Crippen molar-refractivity contribution in [3.05, 3.63) is 0 Å². The standard InChI is InChI=1S/C5H14NO.C2H2O4.C2H6O2.ClH/c1-6(2,3)4-5-7;3-1(4)2(5)6;3-1-2-4;/h7H,4-5H2,1-3H3;(H,3,4)(H,5,6);3-4H,1-2H2;1H/q+1;;;/p-1. The fourth-order valence-electron chi connectivity index (χ4n) is 0.300. The van der Waals surface area contributed by atoms with Crippen LogP contribution in [0.1, 0.15) is 0 Å². The molecule has 8 nitrogen and oxygen atoms in total. The Kier molecular flexibility index (Phi) is 23.0. The Bertz CT molecular complexity index is 192. The number of carbonyl (C=O) groups is 2. The molecule has 5 N–H and O–H groups in total. The van der Waals surface area contributed by atoms with Crippen LogP contribution in [0.15, 0.2) is 0 Å². The lowest BCUT2D eigenvalue weighted by atomic mass is 10.5. The number of nitrogens with zero attached hydrogens (tertiary/aromatic N) is 1. The number of aliphatic carboxylic acids is 2. The Morgan fingerprint density at radius 3 is 1.11 bits per heavy atom. The Hall–Kier alpha value is -0.930. The molecular weight excluding hydrogens is 270 g/mol. The molecule has 0 aromatic carbocycles. The molecule has 0 heterocycles. The van der Waals surface area contributed by atoms with Crippen LogP contribution in [0.5, 0.6) is 0 Å². The molecule has 0 bridgehead atoms. The maximum atomic E-state index is 9.10. The summed E-state index contributed by atoms with van der Waals surface area (Å²) in [5, 5.41) is 38.4. The first-order chi connectivity index (χ1) is 7.62. The van der Waals surface area contributed by atoms with Crippen molar-refractivity contribution in [3.8, 4) is 0 Å². The van der Waals surface area contributed by atoms with Gasteiger partial charge in [-0.1, -0.05) is 0 Å². The van der Waals surface area contributed by atoms with E-state index in [0.29, 0.717) is 0 Å². The van der Waals surface area contributed by atoms with E-state index in [9.17, 15) is 0 Å². The van der Waals surface area contributed by atoms with E-state index in [-0.39, 0.29) is 32.2 Å². The molecular formula is C9H22ClNO7. The topological polar surface area (TPSA) is 135 Å². The van der Waals surface area contributed by atoms with Gasteiger partial charge in [-0.2, -0.15) is 0 Å². The van der Waals surface area contributed by atoms with Crippen molar-refractivity contribution < 1.29 is 52.0 Å². The van der Waals surface area contributed by atoms with Crippen molar-refractivity contribution in [2.24, 2.45) is 0 Å². The molecule has 9 heteroatoms. The zero-order valence-electron chi connectivity index (χ0n) is 10.7. The van der Waals surface area contributed by atoms with Crippen molar-refractivity contribution >= 4 is 11.9 Å². The number of rotatable bonds is 3. The number of hydrogen-bond acceptors (Lipinski definition) is 5. The molecule has 0 radical (unpaired) electrons. The summed E-state index contributed by atoms with van der Waals surface area (Å²) in [4.78, 5) is 18.2. The lowest BCUT2D eigenvalue weighted by Crippen LogP contribution is -3.00. The van der Waals surface area contributed by atoms with Crippen molar-refractivity contribution in [2.75, 3.05) is 47.5 Å². The van der Waals surface area contributed by atoms with Gasteiger partial charge in [0.15, 0.2) is 0 Å². The highest BCUT2D eigenvalue weighted by Crippen LogP contribution is 1.84. The Balaban J connectivity index is -0.0000000823. The monoisotopic (exact) mass is 291 g/mol. The molecule has 0 saturated heterocycles. The van der Waals surface area contributed by atoms with Gasteiger partial charge in [-0.15, -0.1) is 0 Å². The van der Waals surface area contributed by atoms with E-state index in [0.717, 1.165) is 11.0 Å². The van der Waals surface area contributed by atoms with Gasteiger partial charge in [-0.3, -0.25) is 0 Å². The minimum absolute atomic E-state index is 0. The van der Waals surface area contributed by atoms with E-state index in [1.54, 1.807) is 0 Å². The number of carboxylic acid groups (broad SMARTS) is 2. The number of hydrogen-bond donors (Lipinski definition) is 5. The Morgan fingerprint density at radius 1 is 0.833 bits per heavy atom. The second-order valence-corrected chi connectivity index (χ2v) is 3.80. The third kappa shape index (κ3) is 45.8. The van der Waals surface area contributed by atoms with Crippen LogP contribution < -0.4 is 12.4 Å². The van der Waals surface area contributed by atoms with E-state index in [1.807, 2.05) is 0 Å².